The Labute approximate surface area is 129 Å². The van der Waals surface area contributed by atoms with Gasteiger partial charge in [-0.3, -0.25) is 0 Å². The van der Waals surface area contributed by atoms with Gasteiger partial charge in [-0.25, -0.2) is 4.98 Å². The van der Waals surface area contributed by atoms with Crippen molar-refractivity contribution >= 4 is 0 Å². The summed E-state index contributed by atoms with van der Waals surface area (Å²) in [6, 6.07) is 4.22. The molecule has 1 aromatic rings. The molecular formula is C18H30N2O. The number of aryl methyl sites for hydroxylation is 1. The zero-order valence-corrected chi connectivity index (χ0v) is 14.2. The van der Waals surface area contributed by atoms with Gasteiger partial charge in [0.1, 0.15) is 6.10 Å². The van der Waals surface area contributed by atoms with E-state index in [0.717, 1.165) is 36.9 Å². The van der Waals surface area contributed by atoms with E-state index in [1.807, 2.05) is 6.92 Å². The van der Waals surface area contributed by atoms with Crippen LogP contribution in [-0.4, -0.2) is 16.6 Å². The average Bonchev–Trinajstić information content (AvgIpc) is 2.38. The summed E-state index contributed by atoms with van der Waals surface area (Å²) >= 11 is 0. The zero-order valence-electron chi connectivity index (χ0n) is 14.2. The molecule has 0 bridgehead atoms. The van der Waals surface area contributed by atoms with Crippen molar-refractivity contribution in [3.05, 3.63) is 23.4 Å². The quantitative estimate of drug-likeness (QED) is 0.900. The maximum atomic E-state index is 6.12. The van der Waals surface area contributed by atoms with E-state index in [4.69, 9.17) is 4.74 Å². The highest BCUT2D eigenvalue weighted by Gasteiger charge is 2.20. The van der Waals surface area contributed by atoms with E-state index in [2.05, 4.69) is 50.1 Å². The third kappa shape index (κ3) is 5.66. The topological polar surface area (TPSA) is 34.1 Å². The van der Waals surface area contributed by atoms with Gasteiger partial charge in [0.2, 0.25) is 5.88 Å². The van der Waals surface area contributed by atoms with Crippen LogP contribution in [0.3, 0.4) is 0 Å². The van der Waals surface area contributed by atoms with Crippen molar-refractivity contribution in [3.63, 3.8) is 0 Å². The van der Waals surface area contributed by atoms with Crippen LogP contribution in [0.1, 0.15) is 64.6 Å². The van der Waals surface area contributed by atoms with Gasteiger partial charge in [-0.05, 0) is 70.9 Å². The summed E-state index contributed by atoms with van der Waals surface area (Å²) in [6.07, 6.45) is 5.21. The highest BCUT2D eigenvalue weighted by molar-refractivity contribution is 5.25. The predicted octanol–water partition coefficient (Wildman–Crippen LogP) is 4.24. The molecule has 2 rings (SSSR count). The Morgan fingerprint density at radius 2 is 1.86 bits per heavy atom. The maximum Gasteiger partial charge on any atom is 0.214 e. The largest absolute Gasteiger partial charge is 0.474 e. The lowest BCUT2D eigenvalue weighted by molar-refractivity contribution is 0.130. The molecule has 1 N–H and O–H groups in total. The Hall–Kier alpha value is -1.09. The van der Waals surface area contributed by atoms with Gasteiger partial charge in [-0.1, -0.05) is 6.92 Å². The van der Waals surface area contributed by atoms with Crippen LogP contribution in [0, 0.1) is 12.8 Å². The smallest absolute Gasteiger partial charge is 0.214 e. The first-order valence-corrected chi connectivity index (χ1v) is 8.21. The molecule has 21 heavy (non-hydrogen) atoms. The molecule has 1 heterocycles. The van der Waals surface area contributed by atoms with E-state index >= 15 is 0 Å². The molecule has 0 amide bonds. The molecule has 1 fully saturated rings. The molecular weight excluding hydrogens is 260 g/mol. The van der Waals surface area contributed by atoms with Crippen molar-refractivity contribution < 1.29 is 4.74 Å². The number of hydrogen-bond donors (Lipinski definition) is 1. The van der Waals surface area contributed by atoms with Gasteiger partial charge in [-0.2, -0.15) is 0 Å². The Balaban J connectivity index is 1.98. The van der Waals surface area contributed by atoms with Gasteiger partial charge < -0.3 is 10.1 Å². The SMILES string of the molecule is Cc1cc(CNC(C)(C)C)cc(OC2CCC(C)CC2)n1. The van der Waals surface area contributed by atoms with Gasteiger partial charge in [0.05, 0.1) is 0 Å². The maximum absolute atomic E-state index is 6.12. The molecule has 118 valence electrons. The van der Waals surface area contributed by atoms with Crippen molar-refractivity contribution in [3.8, 4) is 5.88 Å². The lowest BCUT2D eigenvalue weighted by atomic mass is 9.89. The lowest BCUT2D eigenvalue weighted by Gasteiger charge is -2.26. The molecule has 0 unspecified atom stereocenters. The van der Waals surface area contributed by atoms with Crippen molar-refractivity contribution in [2.24, 2.45) is 5.92 Å². The first kappa shape index (κ1) is 16.3. The van der Waals surface area contributed by atoms with E-state index in [-0.39, 0.29) is 5.54 Å². The van der Waals surface area contributed by atoms with Gasteiger partial charge in [0.25, 0.3) is 0 Å². The summed E-state index contributed by atoms with van der Waals surface area (Å²) in [5.41, 5.74) is 2.40. The fraction of sp³-hybridized carbons (Fsp3) is 0.722. The first-order chi connectivity index (χ1) is 9.82. The minimum absolute atomic E-state index is 0.123. The summed E-state index contributed by atoms with van der Waals surface area (Å²) in [5.74, 6) is 1.64. The number of ether oxygens (including phenoxy) is 1. The molecule has 3 nitrogen and oxygen atoms in total. The predicted molar refractivity (Wildman–Crippen MR) is 87.6 cm³/mol. The Morgan fingerprint density at radius 1 is 1.19 bits per heavy atom. The number of hydrogen-bond acceptors (Lipinski definition) is 3. The molecule has 0 radical (unpaired) electrons. The molecule has 0 aliphatic heterocycles. The van der Waals surface area contributed by atoms with E-state index in [9.17, 15) is 0 Å². The van der Waals surface area contributed by atoms with Gasteiger partial charge in [0.15, 0.2) is 0 Å². The lowest BCUT2D eigenvalue weighted by Crippen LogP contribution is -2.35. The third-order valence-corrected chi connectivity index (χ3v) is 4.06. The summed E-state index contributed by atoms with van der Waals surface area (Å²) in [5, 5.41) is 3.52. The van der Waals surface area contributed by atoms with Crippen LogP contribution in [0.25, 0.3) is 0 Å². The normalized spacial score (nSPS) is 23.1. The Morgan fingerprint density at radius 3 is 2.48 bits per heavy atom. The second-order valence-electron chi connectivity index (χ2n) is 7.56. The second-order valence-corrected chi connectivity index (χ2v) is 7.56. The second kappa shape index (κ2) is 6.78. The Bertz CT molecular complexity index is 457. The monoisotopic (exact) mass is 290 g/mol. The van der Waals surface area contributed by atoms with Crippen LogP contribution >= 0.6 is 0 Å². The van der Waals surface area contributed by atoms with Crippen LogP contribution in [0.15, 0.2) is 12.1 Å². The van der Waals surface area contributed by atoms with E-state index in [1.54, 1.807) is 0 Å². The van der Waals surface area contributed by atoms with Crippen molar-refractivity contribution in [1.82, 2.24) is 10.3 Å². The molecule has 1 aromatic heterocycles. The minimum atomic E-state index is 0.123. The number of pyridine rings is 1. The number of aromatic nitrogens is 1. The molecule has 0 aromatic carbocycles. The standard InChI is InChI=1S/C18H30N2O/c1-13-6-8-16(9-7-13)21-17-11-15(10-14(2)20-17)12-19-18(3,4)5/h10-11,13,16,19H,6-9,12H2,1-5H3. The number of nitrogens with one attached hydrogen (secondary N) is 1. The third-order valence-electron chi connectivity index (χ3n) is 4.06. The van der Waals surface area contributed by atoms with Gasteiger partial charge in [0, 0.05) is 23.8 Å². The van der Waals surface area contributed by atoms with Crippen LogP contribution in [0.4, 0.5) is 0 Å². The van der Waals surface area contributed by atoms with E-state index < -0.39 is 0 Å². The first-order valence-electron chi connectivity index (χ1n) is 8.21. The highest BCUT2D eigenvalue weighted by atomic mass is 16.5. The molecule has 0 spiro atoms. The highest BCUT2D eigenvalue weighted by Crippen LogP contribution is 2.27. The summed E-state index contributed by atoms with van der Waals surface area (Å²) in [7, 11) is 0. The summed E-state index contributed by atoms with van der Waals surface area (Å²) in [4.78, 5) is 4.54. The fourth-order valence-electron chi connectivity index (χ4n) is 2.75. The zero-order chi connectivity index (χ0) is 15.5. The van der Waals surface area contributed by atoms with Crippen molar-refractivity contribution in [2.75, 3.05) is 0 Å². The van der Waals surface area contributed by atoms with E-state index in [0.29, 0.717) is 6.10 Å². The average molecular weight is 290 g/mol. The summed E-state index contributed by atoms with van der Waals surface area (Å²) in [6.45, 7) is 11.8. The molecule has 1 saturated carbocycles. The molecule has 1 aliphatic carbocycles. The number of nitrogens with zero attached hydrogens (tertiary/aromatic N) is 1. The minimum Gasteiger partial charge on any atom is -0.474 e. The van der Waals surface area contributed by atoms with Crippen LogP contribution < -0.4 is 10.1 Å². The molecule has 1 aliphatic rings. The fourth-order valence-corrected chi connectivity index (χ4v) is 2.75. The van der Waals surface area contributed by atoms with Crippen LogP contribution in [0.2, 0.25) is 0 Å². The van der Waals surface area contributed by atoms with Crippen molar-refractivity contribution in [1.29, 1.82) is 0 Å². The van der Waals surface area contributed by atoms with Crippen LogP contribution in [0.5, 0.6) is 5.88 Å². The van der Waals surface area contributed by atoms with E-state index in [1.165, 1.54) is 18.4 Å². The molecule has 0 saturated heterocycles. The molecule has 3 heteroatoms. The number of rotatable bonds is 4. The summed E-state index contributed by atoms with van der Waals surface area (Å²) < 4.78 is 6.12. The van der Waals surface area contributed by atoms with Gasteiger partial charge >= 0.3 is 0 Å². The van der Waals surface area contributed by atoms with Crippen molar-refractivity contribution in [2.45, 2.75) is 78.5 Å². The van der Waals surface area contributed by atoms with Crippen LogP contribution in [-0.2, 0) is 6.54 Å². The van der Waals surface area contributed by atoms with Gasteiger partial charge in [-0.15, -0.1) is 0 Å². The molecule has 0 atom stereocenters. The Kier molecular flexibility index (Phi) is 5.26.